The second kappa shape index (κ2) is 8.98. The summed E-state index contributed by atoms with van der Waals surface area (Å²) in [5.41, 5.74) is 0. The number of carbonyl (C=O) groups is 2. The van der Waals surface area contributed by atoms with Gasteiger partial charge < -0.3 is 10.1 Å². The van der Waals surface area contributed by atoms with Crippen molar-refractivity contribution in [1.29, 1.82) is 0 Å². The van der Waals surface area contributed by atoms with E-state index in [1.165, 1.54) is 0 Å². The van der Waals surface area contributed by atoms with Crippen LogP contribution < -0.4 is 5.32 Å². The van der Waals surface area contributed by atoms with Crippen LogP contribution in [0.1, 0.15) is 33.6 Å². The first-order chi connectivity index (χ1) is 7.95. The lowest BCUT2D eigenvalue weighted by Crippen LogP contribution is -2.40. The Labute approximate surface area is 103 Å². The summed E-state index contributed by atoms with van der Waals surface area (Å²) < 4.78 is 5.00. The number of amides is 1. The van der Waals surface area contributed by atoms with E-state index in [0.29, 0.717) is 6.61 Å². The van der Waals surface area contributed by atoms with E-state index in [1.807, 2.05) is 20.8 Å². The highest BCUT2D eigenvalue weighted by atomic mass is 16.5. The predicted octanol–water partition coefficient (Wildman–Crippen LogP) is 0.786. The molecule has 1 amide bonds. The molecule has 0 unspecified atom stereocenters. The predicted molar refractivity (Wildman–Crippen MR) is 66.6 cm³/mol. The largest absolute Gasteiger partial charge is 0.465 e. The van der Waals surface area contributed by atoms with E-state index in [1.54, 1.807) is 11.9 Å². The van der Waals surface area contributed by atoms with Gasteiger partial charge in [-0.25, -0.2) is 0 Å². The van der Waals surface area contributed by atoms with Crippen LogP contribution in [0.5, 0.6) is 0 Å². The van der Waals surface area contributed by atoms with Crippen molar-refractivity contribution >= 4 is 11.9 Å². The van der Waals surface area contributed by atoms with Gasteiger partial charge >= 0.3 is 5.97 Å². The lowest BCUT2D eigenvalue weighted by molar-refractivity contribution is -0.144. The maximum Gasteiger partial charge on any atom is 0.320 e. The number of unbranched alkanes of at least 4 members (excludes halogenated alkanes) is 1. The highest BCUT2D eigenvalue weighted by Gasteiger charge is 2.11. The van der Waals surface area contributed by atoms with Crippen molar-refractivity contribution in [1.82, 2.24) is 10.2 Å². The molecule has 17 heavy (non-hydrogen) atoms. The first-order valence-corrected chi connectivity index (χ1v) is 6.09. The van der Waals surface area contributed by atoms with Crippen molar-refractivity contribution in [3.05, 3.63) is 0 Å². The van der Waals surface area contributed by atoms with Crippen molar-refractivity contribution in [2.24, 2.45) is 0 Å². The number of carbonyl (C=O) groups excluding carboxylic acids is 2. The molecule has 0 rings (SSSR count). The van der Waals surface area contributed by atoms with Gasteiger partial charge in [-0.2, -0.15) is 0 Å². The molecular weight excluding hydrogens is 220 g/mol. The second-order valence-electron chi connectivity index (χ2n) is 4.47. The number of ether oxygens (including phenoxy) is 1. The van der Waals surface area contributed by atoms with Gasteiger partial charge in [-0.05, 0) is 27.3 Å². The summed E-state index contributed by atoms with van der Waals surface area (Å²) >= 11 is 0. The number of rotatable bonds is 8. The third-order valence-corrected chi connectivity index (χ3v) is 2.02. The van der Waals surface area contributed by atoms with Crippen molar-refractivity contribution in [2.45, 2.75) is 39.7 Å². The molecule has 5 nitrogen and oxygen atoms in total. The number of hydrogen-bond donors (Lipinski definition) is 1. The summed E-state index contributed by atoms with van der Waals surface area (Å²) in [6, 6.07) is 0.118. The lowest BCUT2D eigenvalue weighted by Gasteiger charge is -2.16. The van der Waals surface area contributed by atoms with Crippen LogP contribution in [0.3, 0.4) is 0 Å². The first kappa shape index (κ1) is 15.9. The Morgan fingerprint density at radius 1 is 1.29 bits per heavy atom. The fraction of sp³-hybridized carbons (Fsp3) is 0.833. The number of nitrogens with one attached hydrogen (secondary N) is 1. The van der Waals surface area contributed by atoms with Crippen LogP contribution in [-0.4, -0.2) is 49.6 Å². The van der Waals surface area contributed by atoms with Crippen LogP contribution >= 0.6 is 0 Å². The third-order valence-electron chi connectivity index (χ3n) is 2.02. The molecule has 100 valence electrons. The summed E-state index contributed by atoms with van der Waals surface area (Å²) in [5, 5.41) is 2.77. The summed E-state index contributed by atoms with van der Waals surface area (Å²) in [6.07, 6.45) is 1.88. The smallest absolute Gasteiger partial charge is 0.320 e. The molecular formula is C12H24N2O3. The quantitative estimate of drug-likeness (QED) is 0.506. The molecule has 0 aromatic carbocycles. The van der Waals surface area contributed by atoms with Crippen LogP contribution in [0.2, 0.25) is 0 Å². The van der Waals surface area contributed by atoms with E-state index in [-0.39, 0.29) is 31.0 Å². The number of esters is 1. The van der Waals surface area contributed by atoms with Crippen molar-refractivity contribution in [2.75, 3.05) is 26.7 Å². The molecule has 0 spiro atoms. The van der Waals surface area contributed by atoms with Gasteiger partial charge in [-0.3, -0.25) is 14.5 Å². The third kappa shape index (κ3) is 9.81. The van der Waals surface area contributed by atoms with E-state index in [0.717, 1.165) is 12.8 Å². The summed E-state index contributed by atoms with van der Waals surface area (Å²) in [4.78, 5) is 24.4. The molecule has 0 aromatic heterocycles. The standard InChI is InChI=1S/C12H24N2O3/c1-5-6-7-17-12(16)9-14(4)8-11(15)13-10(2)3/h10H,5-9H2,1-4H3,(H,13,15). The van der Waals surface area contributed by atoms with Crippen molar-refractivity contribution in [3.8, 4) is 0 Å². The van der Waals surface area contributed by atoms with E-state index in [2.05, 4.69) is 5.32 Å². The van der Waals surface area contributed by atoms with Crippen molar-refractivity contribution in [3.63, 3.8) is 0 Å². The maximum absolute atomic E-state index is 11.4. The number of nitrogens with zero attached hydrogens (tertiary/aromatic N) is 1. The summed E-state index contributed by atoms with van der Waals surface area (Å²) in [6.45, 7) is 6.65. The van der Waals surface area contributed by atoms with E-state index in [9.17, 15) is 9.59 Å². The molecule has 0 fully saturated rings. The van der Waals surface area contributed by atoms with Crippen LogP contribution in [0, 0.1) is 0 Å². The monoisotopic (exact) mass is 244 g/mol. The van der Waals surface area contributed by atoms with Gasteiger partial charge in [0.25, 0.3) is 0 Å². The topological polar surface area (TPSA) is 58.6 Å². The first-order valence-electron chi connectivity index (χ1n) is 6.09. The average molecular weight is 244 g/mol. The highest BCUT2D eigenvalue weighted by molar-refractivity contribution is 5.79. The SMILES string of the molecule is CCCCOC(=O)CN(C)CC(=O)NC(C)C. The Hall–Kier alpha value is -1.10. The Bertz CT molecular complexity index is 242. The summed E-state index contributed by atoms with van der Waals surface area (Å²) in [5.74, 6) is -0.359. The molecule has 0 saturated carbocycles. The van der Waals surface area contributed by atoms with Gasteiger partial charge in [-0.15, -0.1) is 0 Å². The van der Waals surface area contributed by atoms with Gasteiger partial charge in [0.05, 0.1) is 19.7 Å². The van der Waals surface area contributed by atoms with E-state index >= 15 is 0 Å². The molecule has 0 radical (unpaired) electrons. The molecule has 0 saturated heterocycles. The molecule has 5 heteroatoms. The molecule has 0 aliphatic heterocycles. The minimum absolute atomic E-state index is 0.0798. The molecule has 0 aliphatic carbocycles. The highest BCUT2D eigenvalue weighted by Crippen LogP contribution is 1.91. The number of likely N-dealkylation sites (N-methyl/N-ethyl adjacent to an activating group) is 1. The van der Waals surface area contributed by atoms with E-state index in [4.69, 9.17) is 4.74 Å². The Balaban J connectivity index is 3.73. The minimum atomic E-state index is -0.279. The fourth-order valence-corrected chi connectivity index (χ4v) is 1.27. The van der Waals surface area contributed by atoms with Crippen LogP contribution in [-0.2, 0) is 14.3 Å². The maximum atomic E-state index is 11.4. The zero-order chi connectivity index (χ0) is 13.3. The molecule has 0 aromatic rings. The molecule has 0 bridgehead atoms. The number of hydrogen-bond acceptors (Lipinski definition) is 4. The van der Waals surface area contributed by atoms with Gasteiger partial charge in [-0.1, -0.05) is 13.3 Å². The van der Waals surface area contributed by atoms with Crippen LogP contribution in [0.15, 0.2) is 0 Å². The molecule has 0 aliphatic rings. The van der Waals surface area contributed by atoms with Gasteiger partial charge in [0, 0.05) is 6.04 Å². The van der Waals surface area contributed by atoms with Gasteiger partial charge in [0.15, 0.2) is 0 Å². The zero-order valence-electron chi connectivity index (χ0n) is 11.3. The molecule has 1 N–H and O–H groups in total. The summed E-state index contributed by atoms with van der Waals surface area (Å²) in [7, 11) is 1.72. The Kier molecular flexibility index (Phi) is 8.40. The van der Waals surface area contributed by atoms with Crippen LogP contribution in [0.25, 0.3) is 0 Å². The fourth-order valence-electron chi connectivity index (χ4n) is 1.27. The lowest BCUT2D eigenvalue weighted by atomic mass is 10.3. The van der Waals surface area contributed by atoms with Crippen molar-refractivity contribution < 1.29 is 14.3 Å². The second-order valence-corrected chi connectivity index (χ2v) is 4.47. The Morgan fingerprint density at radius 3 is 2.47 bits per heavy atom. The van der Waals surface area contributed by atoms with E-state index < -0.39 is 0 Å². The normalized spacial score (nSPS) is 10.7. The van der Waals surface area contributed by atoms with Crippen LogP contribution in [0.4, 0.5) is 0 Å². The zero-order valence-corrected chi connectivity index (χ0v) is 11.3. The Morgan fingerprint density at radius 2 is 1.94 bits per heavy atom. The molecule has 0 heterocycles. The minimum Gasteiger partial charge on any atom is -0.465 e. The van der Waals surface area contributed by atoms with Gasteiger partial charge in [0.1, 0.15) is 0 Å². The molecule has 0 atom stereocenters. The average Bonchev–Trinajstić information content (AvgIpc) is 2.15. The van der Waals surface area contributed by atoms with Gasteiger partial charge in [0.2, 0.25) is 5.91 Å².